The normalized spacial score (nSPS) is 12.8. The highest BCUT2D eigenvalue weighted by Crippen LogP contribution is 2.38. The number of carbonyl (C=O) groups excluding carboxylic acids is 1. The molecule has 1 heterocycles. The Bertz CT molecular complexity index is 1020. The second-order valence-corrected chi connectivity index (χ2v) is 7.57. The molecule has 0 aliphatic heterocycles. The molecule has 0 radical (unpaired) electrons. The largest absolute Gasteiger partial charge is 0.418 e. The van der Waals surface area contributed by atoms with Crippen molar-refractivity contribution in [2.75, 3.05) is 0 Å². The maximum atomic E-state index is 13.6. The van der Waals surface area contributed by atoms with E-state index < -0.39 is 22.9 Å². The van der Waals surface area contributed by atoms with Gasteiger partial charge in [-0.3, -0.25) is 9.36 Å². The lowest BCUT2D eigenvalue weighted by Gasteiger charge is -2.17. The van der Waals surface area contributed by atoms with Gasteiger partial charge in [-0.2, -0.15) is 13.2 Å². The average Bonchev–Trinajstić information content (AvgIpc) is 3.04. The molecule has 0 unspecified atom stereocenters. The van der Waals surface area contributed by atoms with E-state index in [1.807, 2.05) is 0 Å². The van der Waals surface area contributed by atoms with Crippen molar-refractivity contribution in [3.63, 3.8) is 0 Å². The van der Waals surface area contributed by atoms with E-state index in [2.05, 4.69) is 10.2 Å². The van der Waals surface area contributed by atoms with Gasteiger partial charge in [0, 0.05) is 10.6 Å². The Balaban J connectivity index is 2.26. The Kier molecular flexibility index (Phi) is 5.66. The number of benzene rings is 2. The summed E-state index contributed by atoms with van der Waals surface area (Å²) in [4.78, 5) is 11.4. The van der Waals surface area contributed by atoms with E-state index >= 15 is 0 Å². The van der Waals surface area contributed by atoms with E-state index in [9.17, 15) is 18.0 Å². The number of amides is 1. The molecule has 146 valence electrons. The van der Waals surface area contributed by atoms with Gasteiger partial charge in [0.15, 0.2) is 11.0 Å². The zero-order valence-electron chi connectivity index (χ0n) is 14.4. The second-order valence-electron chi connectivity index (χ2n) is 5.83. The summed E-state index contributed by atoms with van der Waals surface area (Å²) in [6.07, 6.45) is -4.59. The molecule has 1 atom stereocenters. The van der Waals surface area contributed by atoms with Crippen molar-refractivity contribution in [2.45, 2.75) is 23.5 Å². The summed E-state index contributed by atoms with van der Waals surface area (Å²) in [5.74, 6) is -0.452. The van der Waals surface area contributed by atoms with Gasteiger partial charge in [0.2, 0.25) is 5.91 Å². The maximum Gasteiger partial charge on any atom is 0.418 e. The number of hydrogen-bond donors (Lipinski definition) is 1. The molecule has 0 aliphatic carbocycles. The standard InChI is InChI=1S/C18H14ClF3N4OS/c1-10(15(23)27)28-17-25-24-16(11-5-4-6-12(19)9-11)26(17)14-8-3-2-7-13(14)18(20,21)22/h2-10H,1H3,(H2,23,27)/t10-/m1/s1. The molecular formula is C18H14ClF3N4OS. The number of alkyl halides is 3. The number of nitrogens with zero attached hydrogens (tertiary/aromatic N) is 3. The minimum Gasteiger partial charge on any atom is -0.369 e. The molecule has 0 bridgehead atoms. The summed E-state index contributed by atoms with van der Waals surface area (Å²) in [7, 11) is 0. The zero-order chi connectivity index (χ0) is 20.5. The van der Waals surface area contributed by atoms with Crippen LogP contribution in [-0.4, -0.2) is 25.9 Å². The minimum atomic E-state index is -4.59. The van der Waals surface area contributed by atoms with Crippen LogP contribution >= 0.6 is 23.4 Å². The Labute approximate surface area is 167 Å². The highest BCUT2D eigenvalue weighted by Gasteiger charge is 2.35. The number of thioether (sulfide) groups is 1. The van der Waals surface area contributed by atoms with Crippen molar-refractivity contribution >= 4 is 29.3 Å². The molecule has 2 aromatic carbocycles. The lowest BCUT2D eigenvalue weighted by atomic mass is 10.1. The van der Waals surface area contributed by atoms with Gasteiger partial charge in [0.25, 0.3) is 0 Å². The number of primary amides is 1. The van der Waals surface area contributed by atoms with Gasteiger partial charge in [-0.05, 0) is 31.2 Å². The summed E-state index contributed by atoms with van der Waals surface area (Å²) in [5, 5.41) is 7.85. The zero-order valence-corrected chi connectivity index (χ0v) is 16.0. The second kappa shape index (κ2) is 7.84. The number of hydrogen-bond acceptors (Lipinski definition) is 4. The molecule has 1 aromatic heterocycles. The maximum absolute atomic E-state index is 13.6. The van der Waals surface area contributed by atoms with E-state index in [1.54, 1.807) is 31.2 Å². The van der Waals surface area contributed by atoms with E-state index in [0.29, 0.717) is 10.6 Å². The van der Waals surface area contributed by atoms with Gasteiger partial charge in [-0.1, -0.05) is 47.6 Å². The Hall–Kier alpha value is -2.52. The lowest BCUT2D eigenvalue weighted by Crippen LogP contribution is -2.23. The van der Waals surface area contributed by atoms with Crippen molar-refractivity contribution in [2.24, 2.45) is 5.73 Å². The Morgan fingerprint density at radius 3 is 2.54 bits per heavy atom. The summed E-state index contributed by atoms with van der Waals surface area (Å²) in [5.41, 5.74) is 4.76. The number of rotatable bonds is 5. The van der Waals surface area contributed by atoms with Crippen LogP contribution in [0.4, 0.5) is 13.2 Å². The van der Waals surface area contributed by atoms with Gasteiger partial charge in [-0.15, -0.1) is 10.2 Å². The first-order chi connectivity index (χ1) is 13.2. The average molecular weight is 427 g/mol. The predicted octanol–water partition coefficient (Wildman–Crippen LogP) is 4.57. The molecule has 3 aromatic rings. The fourth-order valence-corrected chi connectivity index (χ4v) is 3.50. The molecule has 0 aliphatic rings. The Morgan fingerprint density at radius 2 is 1.89 bits per heavy atom. The van der Waals surface area contributed by atoms with Crippen molar-refractivity contribution in [3.05, 3.63) is 59.1 Å². The van der Waals surface area contributed by atoms with Crippen LogP contribution < -0.4 is 5.73 Å². The molecule has 3 rings (SSSR count). The topological polar surface area (TPSA) is 73.8 Å². The van der Waals surface area contributed by atoms with Gasteiger partial charge in [-0.25, -0.2) is 0 Å². The third-order valence-corrected chi connectivity index (χ3v) is 5.15. The first kappa shape index (κ1) is 20.2. The van der Waals surface area contributed by atoms with Crippen molar-refractivity contribution in [3.8, 4) is 17.1 Å². The monoisotopic (exact) mass is 426 g/mol. The van der Waals surface area contributed by atoms with Crippen LogP contribution in [0.3, 0.4) is 0 Å². The lowest BCUT2D eigenvalue weighted by molar-refractivity contribution is -0.137. The van der Waals surface area contributed by atoms with Crippen LogP contribution in [0.15, 0.2) is 53.7 Å². The first-order valence-electron chi connectivity index (χ1n) is 8.02. The molecule has 0 saturated carbocycles. The van der Waals surface area contributed by atoms with Crippen LogP contribution in [0.2, 0.25) is 5.02 Å². The number of aromatic nitrogens is 3. The van der Waals surface area contributed by atoms with Crippen LogP contribution in [0.25, 0.3) is 17.1 Å². The SMILES string of the molecule is C[C@@H](Sc1nnc(-c2cccc(Cl)c2)n1-c1ccccc1C(F)(F)F)C(N)=O. The smallest absolute Gasteiger partial charge is 0.369 e. The minimum absolute atomic E-state index is 0.109. The Morgan fingerprint density at radius 1 is 1.18 bits per heavy atom. The molecule has 10 heteroatoms. The third-order valence-electron chi connectivity index (χ3n) is 3.85. The summed E-state index contributed by atoms with van der Waals surface area (Å²) < 4.78 is 42.1. The van der Waals surface area contributed by atoms with Crippen LogP contribution in [0, 0.1) is 0 Å². The predicted molar refractivity (Wildman–Crippen MR) is 101 cm³/mol. The number of para-hydroxylation sites is 1. The highest BCUT2D eigenvalue weighted by molar-refractivity contribution is 8.00. The molecule has 0 fully saturated rings. The molecule has 5 nitrogen and oxygen atoms in total. The summed E-state index contributed by atoms with van der Waals surface area (Å²) >= 11 is 6.95. The fourth-order valence-electron chi connectivity index (χ4n) is 2.50. The van der Waals surface area contributed by atoms with Crippen molar-refractivity contribution in [1.82, 2.24) is 14.8 Å². The molecule has 28 heavy (non-hydrogen) atoms. The summed E-state index contributed by atoms with van der Waals surface area (Å²) in [6.45, 7) is 1.54. The number of halogens is 4. The van der Waals surface area contributed by atoms with Gasteiger partial charge in [0.1, 0.15) is 0 Å². The van der Waals surface area contributed by atoms with Gasteiger partial charge in [0.05, 0.1) is 16.5 Å². The summed E-state index contributed by atoms with van der Waals surface area (Å²) in [6, 6.07) is 11.6. The number of nitrogens with two attached hydrogens (primary N) is 1. The van der Waals surface area contributed by atoms with Crippen LogP contribution in [0.5, 0.6) is 0 Å². The van der Waals surface area contributed by atoms with E-state index in [0.717, 1.165) is 17.8 Å². The molecule has 2 N–H and O–H groups in total. The van der Waals surface area contributed by atoms with Crippen LogP contribution in [0.1, 0.15) is 12.5 Å². The molecule has 1 amide bonds. The van der Waals surface area contributed by atoms with Crippen LogP contribution in [-0.2, 0) is 11.0 Å². The van der Waals surface area contributed by atoms with E-state index in [4.69, 9.17) is 17.3 Å². The van der Waals surface area contributed by atoms with Crippen molar-refractivity contribution < 1.29 is 18.0 Å². The van der Waals surface area contributed by atoms with E-state index in [-0.39, 0.29) is 16.7 Å². The third kappa shape index (κ3) is 4.15. The van der Waals surface area contributed by atoms with Gasteiger partial charge >= 0.3 is 6.18 Å². The van der Waals surface area contributed by atoms with Gasteiger partial charge < -0.3 is 5.73 Å². The van der Waals surface area contributed by atoms with E-state index in [1.165, 1.54) is 22.8 Å². The first-order valence-corrected chi connectivity index (χ1v) is 9.28. The fraction of sp³-hybridized carbons (Fsp3) is 0.167. The quantitative estimate of drug-likeness (QED) is 0.606. The molecule has 0 saturated heterocycles. The molecular weight excluding hydrogens is 413 g/mol. The van der Waals surface area contributed by atoms with Crippen molar-refractivity contribution in [1.29, 1.82) is 0 Å². The number of carbonyl (C=O) groups is 1. The highest BCUT2D eigenvalue weighted by atomic mass is 35.5. The molecule has 0 spiro atoms.